The second kappa shape index (κ2) is 6.75. The molecule has 0 spiro atoms. The minimum Gasteiger partial charge on any atom is -0.330 e. The quantitative estimate of drug-likeness (QED) is 0.872. The first-order valence-corrected chi connectivity index (χ1v) is 8.57. The van der Waals surface area contributed by atoms with Crippen LogP contribution in [0.15, 0.2) is 27.6 Å². The Morgan fingerprint density at radius 3 is 2.65 bits per heavy atom. The molecule has 20 heavy (non-hydrogen) atoms. The molecule has 0 radical (unpaired) electrons. The molecule has 0 bridgehead atoms. The molecule has 7 heteroatoms. The summed E-state index contributed by atoms with van der Waals surface area (Å²) in [6.07, 6.45) is 0.836. The zero-order valence-electron chi connectivity index (χ0n) is 11.5. The van der Waals surface area contributed by atoms with E-state index in [2.05, 4.69) is 15.9 Å². The van der Waals surface area contributed by atoms with E-state index >= 15 is 0 Å². The third kappa shape index (κ3) is 3.36. The highest BCUT2D eigenvalue weighted by molar-refractivity contribution is 9.10. The summed E-state index contributed by atoms with van der Waals surface area (Å²) < 4.78 is 27.8. The molecule has 2 rings (SSSR count). The van der Waals surface area contributed by atoms with Crippen LogP contribution in [0.1, 0.15) is 18.9 Å². The standard InChI is InChI=1S/C13H19BrN2O2S.ClH/c1-9-3-4-12(14)6-13(9)19(17,18)16-8-11(7-15)5-10(16)2;/h3-4,6,10-11H,5,7-8,15H2,1-2H3;1H. The predicted molar refractivity (Wildman–Crippen MR) is 86.6 cm³/mol. The highest BCUT2D eigenvalue weighted by Crippen LogP contribution is 2.31. The lowest BCUT2D eigenvalue weighted by molar-refractivity contribution is 0.404. The summed E-state index contributed by atoms with van der Waals surface area (Å²) in [6.45, 7) is 4.82. The van der Waals surface area contributed by atoms with Crippen LogP contribution < -0.4 is 5.73 Å². The van der Waals surface area contributed by atoms with E-state index in [-0.39, 0.29) is 24.4 Å². The summed E-state index contributed by atoms with van der Waals surface area (Å²) in [6, 6.07) is 5.35. The van der Waals surface area contributed by atoms with Gasteiger partial charge in [0.1, 0.15) is 0 Å². The fraction of sp³-hybridized carbons (Fsp3) is 0.538. The molecule has 1 fully saturated rings. The average Bonchev–Trinajstić information content (AvgIpc) is 2.74. The molecule has 2 atom stereocenters. The summed E-state index contributed by atoms with van der Waals surface area (Å²) in [4.78, 5) is 0.381. The Kier molecular flexibility index (Phi) is 6.04. The molecule has 1 heterocycles. The first kappa shape index (κ1) is 17.9. The van der Waals surface area contributed by atoms with Crippen LogP contribution in [0.3, 0.4) is 0 Å². The number of benzene rings is 1. The van der Waals surface area contributed by atoms with Gasteiger partial charge in [-0.1, -0.05) is 22.0 Å². The number of aryl methyl sites for hydroxylation is 1. The number of nitrogens with two attached hydrogens (primary N) is 1. The van der Waals surface area contributed by atoms with Gasteiger partial charge in [0.2, 0.25) is 10.0 Å². The van der Waals surface area contributed by atoms with Crippen molar-refractivity contribution in [2.75, 3.05) is 13.1 Å². The summed E-state index contributed by atoms with van der Waals surface area (Å²) in [5.41, 5.74) is 6.44. The molecule has 114 valence electrons. The van der Waals surface area contributed by atoms with Crippen molar-refractivity contribution in [1.29, 1.82) is 0 Å². The van der Waals surface area contributed by atoms with Crippen molar-refractivity contribution in [3.8, 4) is 0 Å². The lowest BCUT2D eigenvalue weighted by Gasteiger charge is -2.22. The topological polar surface area (TPSA) is 63.4 Å². The van der Waals surface area contributed by atoms with Gasteiger partial charge in [0, 0.05) is 17.1 Å². The zero-order valence-corrected chi connectivity index (χ0v) is 14.8. The maximum Gasteiger partial charge on any atom is 0.243 e. The Labute approximate surface area is 135 Å². The van der Waals surface area contributed by atoms with E-state index in [4.69, 9.17) is 5.73 Å². The molecule has 1 aromatic carbocycles. The third-order valence-electron chi connectivity index (χ3n) is 3.67. The number of hydrogen-bond donors (Lipinski definition) is 1. The average molecular weight is 384 g/mol. The number of sulfonamides is 1. The molecule has 2 unspecified atom stereocenters. The van der Waals surface area contributed by atoms with E-state index in [0.29, 0.717) is 18.0 Å². The fourth-order valence-electron chi connectivity index (χ4n) is 2.59. The van der Waals surface area contributed by atoms with E-state index in [9.17, 15) is 8.42 Å². The van der Waals surface area contributed by atoms with Crippen LogP contribution in [0, 0.1) is 12.8 Å². The van der Waals surface area contributed by atoms with E-state index in [1.54, 1.807) is 10.4 Å². The molecule has 1 aliphatic heterocycles. The monoisotopic (exact) mass is 382 g/mol. The van der Waals surface area contributed by atoms with Crippen LogP contribution in [0.2, 0.25) is 0 Å². The number of rotatable bonds is 3. The van der Waals surface area contributed by atoms with E-state index < -0.39 is 10.0 Å². The van der Waals surface area contributed by atoms with Crippen LogP contribution in [-0.4, -0.2) is 31.9 Å². The van der Waals surface area contributed by atoms with Gasteiger partial charge in [-0.3, -0.25) is 0 Å². The van der Waals surface area contributed by atoms with E-state index in [0.717, 1.165) is 16.5 Å². The summed E-state index contributed by atoms with van der Waals surface area (Å²) in [7, 11) is -3.44. The van der Waals surface area contributed by atoms with Crippen molar-refractivity contribution in [2.45, 2.75) is 31.2 Å². The molecule has 1 saturated heterocycles. The van der Waals surface area contributed by atoms with Crippen LogP contribution >= 0.6 is 28.3 Å². The number of nitrogens with zero attached hydrogens (tertiary/aromatic N) is 1. The smallest absolute Gasteiger partial charge is 0.243 e. The Morgan fingerprint density at radius 1 is 1.45 bits per heavy atom. The molecular weight excluding hydrogens is 364 g/mol. The van der Waals surface area contributed by atoms with Gasteiger partial charge in [-0.2, -0.15) is 4.31 Å². The van der Waals surface area contributed by atoms with Crippen LogP contribution in [-0.2, 0) is 10.0 Å². The molecule has 2 N–H and O–H groups in total. The van der Waals surface area contributed by atoms with Crippen molar-refractivity contribution in [1.82, 2.24) is 4.31 Å². The highest BCUT2D eigenvalue weighted by atomic mass is 79.9. The molecule has 1 aliphatic rings. The van der Waals surface area contributed by atoms with Gasteiger partial charge in [0.05, 0.1) is 4.90 Å². The number of hydrogen-bond acceptors (Lipinski definition) is 3. The Balaban J connectivity index is 0.00000200. The van der Waals surface area contributed by atoms with Gasteiger partial charge in [-0.05, 0) is 50.4 Å². The minimum absolute atomic E-state index is 0. The Morgan fingerprint density at radius 2 is 2.10 bits per heavy atom. The van der Waals surface area contributed by atoms with Crippen molar-refractivity contribution in [3.05, 3.63) is 28.2 Å². The molecule has 0 aromatic heterocycles. The van der Waals surface area contributed by atoms with Crippen LogP contribution in [0.4, 0.5) is 0 Å². The summed E-state index contributed by atoms with van der Waals surface area (Å²) in [5.74, 6) is 0.261. The van der Waals surface area contributed by atoms with Gasteiger partial charge in [0.25, 0.3) is 0 Å². The van der Waals surface area contributed by atoms with Crippen molar-refractivity contribution in [2.24, 2.45) is 11.7 Å². The summed E-state index contributed by atoms with van der Waals surface area (Å²) in [5, 5.41) is 0. The maximum atomic E-state index is 12.7. The van der Waals surface area contributed by atoms with Crippen molar-refractivity contribution in [3.63, 3.8) is 0 Å². The third-order valence-corrected chi connectivity index (χ3v) is 6.29. The maximum absolute atomic E-state index is 12.7. The van der Waals surface area contributed by atoms with Crippen LogP contribution in [0.5, 0.6) is 0 Å². The minimum atomic E-state index is -3.44. The van der Waals surface area contributed by atoms with Gasteiger partial charge in [-0.25, -0.2) is 8.42 Å². The second-order valence-corrected chi connectivity index (χ2v) is 7.95. The van der Waals surface area contributed by atoms with Crippen LogP contribution in [0.25, 0.3) is 0 Å². The first-order valence-electron chi connectivity index (χ1n) is 6.34. The largest absolute Gasteiger partial charge is 0.330 e. The van der Waals surface area contributed by atoms with Crippen molar-refractivity contribution >= 4 is 38.4 Å². The van der Waals surface area contributed by atoms with E-state index in [1.807, 2.05) is 26.0 Å². The van der Waals surface area contributed by atoms with Gasteiger partial charge >= 0.3 is 0 Å². The fourth-order valence-corrected chi connectivity index (χ4v) is 5.08. The van der Waals surface area contributed by atoms with Crippen molar-refractivity contribution < 1.29 is 8.42 Å². The normalized spacial score (nSPS) is 23.6. The van der Waals surface area contributed by atoms with Gasteiger partial charge in [-0.15, -0.1) is 12.4 Å². The Bertz CT molecular complexity index is 580. The first-order chi connectivity index (χ1) is 8.86. The van der Waals surface area contributed by atoms with E-state index in [1.165, 1.54) is 0 Å². The molecule has 0 saturated carbocycles. The molecule has 0 amide bonds. The van der Waals surface area contributed by atoms with Gasteiger partial charge in [0.15, 0.2) is 0 Å². The molecule has 4 nitrogen and oxygen atoms in total. The number of halogens is 2. The van der Waals surface area contributed by atoms with Gasteiger partial charge < -0.3 is 5.73 Å². The highest BCUT2D eigenvalue weighted by Gasteiger charge is 2.37. The lowest BCUT2D eigenvalue weighted by atomic mass is 10.1. The molecular formula is C13H20BrClN2O2S. The molecule has 1 aromatic rings. The SMILES string of the molecule is Cc1ccc(Br)cc1S(=O)(=O)N1CC(CN)CC1C.Cl. The summed E-state index contributed by atoms with van der Waals surface area (Å²) >= 11 is 3.34. The lowest BCUT2D eigenvalue weighted by Crippen LogP contribution is -2.34. The predicted octanol–water partition coefficient (Wildman–Crippen LogP) is 2.54. The second-order valence-electron chi connectivity index (χ2n) is 5.17. The zero-order chi connectivity index (χ0) is 14.2. The molecule has 0 aliphatic carbocycles. The Hall–Kier alpha value is -0.140.